The Bertz CT molecular complexity index is 1280. The van der Waals surface area contributed by atoms with Crippen molar-refractivity contribution in [3.05, 3.63) is 64.7 Å². The Morgan fingerprint density at radius 3 is 2.32 bits per heavy atom. The Balaban J connectivity index is 1.40. The van der Waals surface area contributed by atoms with Crippen LogP contribution in [0.25, 0.3) is 0 Å². The van der Waals surface area contributed by atoms with E-state index in [4.69, 9.17) is 4.74 Å². The number of unbranched alkanes of at least 4 members (excludes halogenated alkanes) is 1. The van der Waals surface area contributed by atoms with Crippen molar-refractivity contribution in [2.75, 3.05) is 33.8 Å². The van der Waals surface area contributed by atoms with E-state index in [0.717, 1.165) is 43.4 Å². The minimum absolute atomic E-state index is 0.0313. The van der Waals surface area contributed by atoms with Crippen LogP contribution >= 0.6 is 0 Å². The van der Waals surface area contributed by atoms with Crippen LogP contribution in [0.4, 0.5) is 0 Å². The summed E-state index contributed by atoms with van der Waals surface area (Å²) in [4.78, 5) is 43.6. The van der Waals surface area contributed by atoms with Crippen molar-refractivity contribution in [3.63, 3.8) is 0 Å². The maximum Gasteiger partial charge on any atom is 0.251 e. The molecule has 0 unspecified atom stereocenters. The van der Waals surface area contributed by atoms with Gasteiger partial charge in [0.15, 0.2) is 0 Å². The third-order valence-electron chi connectivity index (χ3n) is 9.65. The van der Waals surface area contributed by atoms with E-state index in [1.807, 2.05) is 30.9 Å². The van der Waals surface area contributed by atoms with Crippen molar-refractivity contribution < 1.29 is 24.2 Å². The van der Waals surface area contributed by atoms with Gasteiger partial charge >= 0.3 is 0 Å². The van der Waals surface area contributed by atoms with E-state index in [-0.39, 0.29) is 23.6 Å². The molecule has 0 saturated carbocycles. The maximum absolute atomic E-state index is 13.8. The number of nitrogens with one attached hydrogen (secondary N) is 2. The van der Waals surface area contributed by atoms with E-state index in [2.05, 4.69) is 46.7 Å². The summed E-state index contributed by atoms with van der Waals surface area (Å²) >= 11 is 0. The number of likely N-dealkylation sites (tertiary alicyclic amines) is 1. The number of hydrogen-bond acceptors (Lipinski definition) is 6. The van der Waals surface area contributed by atoms with Gasteiger partial charge in [-0.1, -0.05) is 70.4 Å². The van der Waals surface area contributed by atoms with Gasteiger partial charge < -0.3 is 25.4 Å². The number of amides is 3. The number of piperazine rings is 1. The first-order valence-corrected chi connectivity index (χ1v) is 16.2. The number of aliphatic hydroxyl groups is 1. The predicted octanol–water partition coefficient (Wildman–Crippen LogP) is 3.90. The Kier molecular flexibility index (Phi) is 11.4. The molecule has 2 saturated heterocycles. The van der Waals surface area contributed by atoms with Crippen LogP contribution in [0.2, 0.25) is 0 Å². The molecule has 3 amide bonds. The molecule has 240 valence electrons. The maximum atomic E-state index is 13.8. The molecule has 2 fully saturated rings. The lowest BCUT2D eigenvalue weighted by atomic mass is 9.79. The molecule has 4 rings (SSSR count). The molecular formula is C35H50N4O5. The summed E-state index contributed by atoms with van der Waals surface area (Å²) in [6.07, 6.45) is 4.23. The number of ether oxygens (including phenoxy) is 1. The van der Waals surface area contributed by atoms with E-state index in [1.165, 1.54) is 5.56 Å². The quantitative estimate of drug-likeness (QED) is 0.319. The van der Waals surface area contributed by atoms with Crippen LogP contribution in [0.1, 0.15) is 86.3 Å². The summed E-state index contributed by atoms with van der Waals surface area (Å²) in [7, 11) is 3.23. The fourth-order valence-corrected chi connectivity index (χ4v) is 6.75. The lowest BCUT2D eigenvalue weighted by molar-refractivity contribution is -0.165. The lowest BCUT2D eigenvalue weighted by Crippen LogP contribution is -2.75. The monoisotopic (exact) mass is 606 g/mol. The van der Waals surface area contributed by atoms with Crippen LogP contribution in [0.5, 0.6) is 5.75 Å². The number of rotatable bonds is 13. The van der Waals surface area contributed by atoms with E-state index in [9.17, 15) is 19.5 Å². The highest BCUT2D eigenvalue weighted by Crippen LogP contribution is 2.35. The van der Waals surface area contributed by atoms with Gasteiger partial charge in [0.05, 0.1) is 13.2 Å². The molecule has 0 radical (unpaired) electrons. The molecule has 1 spiro atoms. The molecule has 0 bridgehead atoms. The highest BCUT2D eigenvalue weighted by atomic mass is 16.5. The first-order valence-electron chi connectivity index (χ1n) is 16.2. The summed E-state index contributed by atoms with van der Waals surface area (Å²) in [5, 5.41) is 16.6. The largest absolute Gasteiger partial charge is 0.496 e. The summed E-state index contributed by atoms with van der Waals surface area (Å²) in [6.45, 7) is 8.83. The summed E-state index contributed by atoms with van der Waals surface area (Å²) in [5.41, 5.74) is 3.05. The van der Waals surface area contributed by atoms with Gasteiger partial charge in [0.1, 0.15) is 17.3 Å². The van der Waals surface area contributed by atoms with E-state index >= 15 is 0 Å². The molecule has 2 aliphatic heterocycles. The van der Waals surface area contributed by atoms with Crippen LogP contribution in [-0.2, 0) is 22.6 Å². The van der Waals surface area contributed by atoms with Gasteiger partial charge in [-0.3, -0.25) is 19.3 Å². The highest BCUT2D eigenvalue weighted by Gasteiger charge is 2.55. The molecule has 2 heterocycles. The Labute approximate surface area is 262 Å². The second-order valence-electron chi connectivity index (χ2n) is 12.3. The zero-order chi connectivity index (χ0) is 31.9. The second kappa shape index (κ2) is 15.0. The van der Waals surface area contributed by atoms with E-state index < -0.39 is 17.7 Å². The molecule has 0 aromatic heterocycles. The van der Waals surface area contributed by atoms with Crippen LogP contribution in [0.15, 0.2) is 42.5 Å². The summed E-state index contributed by atoms with van der Waals surface area (Å²) in [5.74, 6) is 0.253. The molecule has 0 aliphatic carbocycles. The average molecular weight is 607 g/mol. The molecule has 2 aromatic carbocycles. The van der Waals surface area contributed by atoms with Crippen LogP contribution in [0, 0.1) is 5.92 Å². The van der Waals surface area contributed by atoms with Gasteiger partial charge in [-0.05, 0) is 54.0 Å². The summed E-state index contributed by atoms with van der Waals surface area (Å²) < 4.78 is 5.55. The number of methoxy groups -OCH3 is 1. The number of aliphatic hydroxyl groups excluding tert-OH is 1. The van der Waals surface area contributed by atoms with Crippen molar-refractivity contribution in [1.29, 1.82) is 0 Å². The first-order chi connectivity index (χ1) is 21.2. The van der Waals surface area contributed by atoms with E-state index in [0.29, 0.717) is 50.2 Å². The van der Waals surface area contributed by atoms with Gasteiger partial charge in [-0.25, -0.2) is 0 Å². The van der Waals surface area contributed by atoms with Crippen molar-refractivity contribution in [1.82, 2.24) is 20.4 Å². The minimum Gasteiger partial charge on any atom is -0.496 e. The molecule has 44 heavy (non-hydrogen) atoms. The van der Waals surface area contributed by atoms with Crippen LogP contribution < -0.4 is 15.4 Å². The average Bonchev–Trinajstić information content (AvgIpc) is 3.05. The number of carbonyl (C=O) groups excluding carboxylic acids is 3. The SMILES string of the molecule is CCCCN1C(=O)[C@@H]([C@H](O)C(CC)CC)NC(=O)C12CCN(Cc1ccc(Cc3ccc(C(=O)NC)cc3OC)cc1)CC2. The molecule has 2 atom stereocenters. The smallest absolute Gasteiger partial charge is 0.251 e. The molecule has 9 nitrogen and oxygen atoms in total. The predicted molar refractivity (Wildman–Crippen MR) is 172 cm³/mol. The fraction of sp³-hybridized carbons (Fsp3) is 0.571. The second-order valence-corrected chi connectivity index (χ2v) is 12.3. The number of carbonyl (C=O) groups is 3. The zero-order valence-corrected chi connectivity index (χ0v) is 27.0. The topological polar surface area (TPSA) is 111 Å². The number of piperidine rings is 1. The van der Waals surface area contributed by atoms with Crippen LogP contribution in [0.3, 0.4) is 0 Å². The van der Waals surface area contributed by atoms with Gasteiger partial charge in [0.2, 0.25) is 11.8 Å². The zero-order valence-electron chi connectivity index (χ0n) is 27.0. The van der Waals surface area contributed by atoms with Gasteiger partial charge in [-0.2, -0.15) is 0 Å². The minimum atomic E-state index is -0.881. The van der Waals surface area contributed by atoms with Crippen molar-refractivity contribution in [2.45, 2.75) is 89.9 Å². The fourth-order valence-electron chi connectivity index (χ4n) is 6.75. The lowest BCUT2D eigenvalue weighted by Gasteiger charge is -2.52. The normalized spacial score (nSPS) is 19.2. The van der Waals surface area contributed by atoms with E-state index in [1.54, 1.807) is 20.2 Å². The number of benzene rings is 2. The molecule has 9 heteroatoms. The Morgan fingerprint density at radius 1 is 1.07 bits per heavy atom. The van der Waals surface area contributed by atoms with Crippen molar-refractivity contribution in [3.8, 4) is 5.75 Å². The van der Waals surface area contributed by atoms with Crippen molar-refractivity contribution >= 4 is 17.7 Å². The molecule has 2 aromatic rings. The Hall–Kier alpha value is -3.43. The van der Waals surface area contributed by atoms with Gasteiger partial charge in [0, 0.05) is 45.2 Å². The standard InChI is InChI=1S/C35H50N4O5/c1-6-9-18-39-33(42)30(31(40)26(7-2)8-3)37-34(43)35(39)16-19-38(20-17-35)23-25-12-10-24(11-13-25)21-27-14-15-28(32(41)36-4)22-29(27)44-5/h10-15,22,26,30-31,40H,6-9,16-21,23H2,1-5H3,(H,36,41)(H,37,43)/t30-,31-/m1/s1. The summed E-state index contributed by atoms with van der Waals surface area (Å²) in [6, 6.07) is 13.2. The van der Waals surface area contributed by atoms with Crippen molar-refractivity contribution in [2.24, 2.45) is 5.92 Å². The van der Waals surface area contributed by atoms with Gasteiger partial charge in [-0.15, -0.1) is 0 Å². The molecular weight excluding hydrogens is 556 g/mol. The highest BCUT2D eigenvalue weighted by molar-refractivity contribution is 6.00. The molecule has 2 aliphatic rings. The number of nitrogens with zero attached hydrogens (tertiary/aromatic N) is 2. The third-order valence-corrected chi connectivity index (χ3v) is 9.65. The van der Waals surface area contributed by atoms with Crippen LogP contribution in [-0.4, -0.2) is 84.1 Å². The van der Waals surface area contributed by atoms with Gasteiger partial charge in [0.25, 0.3) is 5.91 Å². The first kappa shape index (κ1) is 33.5. The third kappa shape index (κ3) is 7.10. The molecule has 3 N–H and O–H groups in total. The number of hydrogen-bond donors (Lipinski definition) is 3. The Morgan fingerprint density at radius 2 is 1.73 bits per heavy atom.